The van der Waals surface area contributed by atoms with E-state index in [2.05, 4.69) is 10.3 Å². The molecule has 27 heavy (non-hydrogen) atoms. The van der Waals surface area contributed by atoms with Crippen molar-refractivity contribution >= 4 is 23.2 Å². The minimum Gasteiger partial charge on any atom is -0.487 e. The van der Waals surface area contributed by atoms with Crippen LogP contribution in [0.25, 0.3) is 0 Å². The van der Waals surface area contributed by atoms with Crippen LogP contribution in [-0.2, 0) is 4.74 Å². The maximum absolute atomic E-state index is 12.0. The van der Waals surface area contributed by atoms with Crippen molar-refractivity contribution in [2.75, 3.05) is 25.1 Å². The number of esters is 1. The average Bonchev–Trinajstić information content (AvgIpc) is 2.65. The van der Waals surface area contributed by atoms with Gasteiger partial charge in [-0.3, -0.25) is 20.2 Å². The summed E-state index contributed by atoms with van der Waals surface area (Å²) in [5.41, 5.74) is -0.429. The molecule has 0 aliphatic rings. The van der Waals surface area contributed by atoms with Gasteiger partial charge in [0, 0.05) is 12.1 Å². The molecule has 0 amide bonds. The van der Waals surface area contributed by atoms with E-state index in [0.717, 1.165) is 12.3 Å². The number of ether oxygens (including phenoxy) is 2. The van der Waals surface area contributed by atoms with Gasteiger partial charge in [0.15, 0.2) is 5.75 Å². The zero-order valence-corrected chi connectivity index (χ0v) is 14.3. The van der Waals surface area contributed by atoms with E-state index in [1.807, 2.05) is 0 Å². The molecule has 0 fully saturated rings. The van der Waals surface area contributed by atoms with E-state index >= 15 is 0 Å². The Morgan fingerprint density at radius 1 is 1.19 bits per heavy atom. The van der Waals surface area contributed by atoms with Crippen LogP contribution >= 0.6 is 0 Å². The van der Waals surface area contributed by atoms with Crippen molar-refractivity contribution in [3.05, 3.63) is 62.3 Å². The molecule has 0 bridgehead atoms. The first kappa shape index (κ1) is 19.6. The van der Waals surface area contributed by atoms with Gasteiger partial charge in [0.2, 0.25) is 0 Å². The van der Waals surface area contributed by atoms with Crippen LogP contribution in [0.15, 0.2) is 36.5 Å². The summed E-state index contributed by atoms with van der Waals surface area (Å²) in [6.45, 7) is 2.12. The molecule has 0 radical (unpaired) electrons. The van der Waals surface area contributed by atoms with Gasteiger partial charge in [0.05, 0.1) is 28.6 Å². The smallest absolute Gasteiger partial charge is 0.338 e. The Morgan fingerprint density at radius 3 is 2.56 bits per heavy atom. The molecule has 2 rings (SSSR count). The molecule has 1 aromatic heterocycles. The van der Waals surface area contributed by atoms with Gasteiger partial charge < -0.3 is 14.8 Å². The molecule has 0 saturated carbocycles. The molecule has 1 heterocycles. The minimum atomic E-state index is -0.723. The molecule has 2 aromatic rings. The van der Waals surface area contributed by atoms with Crippen molar-refractivity contribution in [2.45, 2.75) is 6.92 Å². The third kappa shape index (κ3) is 5.36. The SMILES string of the molecule is CCOc1ccc(C(=O)OCCNc2ccc([N+](=O)[O-])cn2)cc1[N+](=O)[O-]. The number of nitro benzene ring substituents is 1. The fourth-order valence-corrected chi connectivity index (χ4v) is 2.07. The zero-order chi connectivity index (χ0) is 19.8. The fraction of sp³-hybridized carbons (Fsp3) is 0.250. The summed E-state index contributed by atoms with van der Waals surface area (Å²) in [5, 5.41) is 24.4. The maximum atomic E-state index is 12.0. The highest BCUT2D eigenvalue weighted by atomic mass is 16.6. The molecule has 0 saturated heterocycles. The lowest BCUT2D eigenvalue weighted by atomic mass is 10.2. The molecule has 11 heteroatoms. The van der Waals surface area contributed by atoms with Crippen LogP contribution in [0.2, 0.25) is 0 Å². The molecule has 11 nitrogen and oxygen atoms in total. The van der Waals surface area contributed by atoms with Gasteiger partial charge in [-0.15, -0.1) is 0 Å². The van der Waals surface area contributed by atoms with E-state index in [9.17, 15) is 25.0 Å². The Kier molecular flexibility index (Phi) is 6.58. The molecule has 0 aliphatic carbocycles. The second kappa shape index (κ2) is 9.08. The number of hydrogen-bond donors (Lipinski definition) is 1. The standard InChI is InChI=1S/C16H16N4O7/c1-2-26-14-5-3-11(9-13(14)20(24)25)16(21)27-8-7-17-15-6-4-12(10-18-15)19(22)23/h3-6,9-10H,2,7-8H2,1H3,(H,17,18). The Balaban J connectivity index is 1.89. The summed E-state index contributed by atoms with van der Waals surface area (Å²) in [4.78, 5) is 36.3. The predicted molar refractivity (Wildman–Crippen MR) is 93.9 cm³/mol. The highest BCUT2D eigenvalue weighted by molar-refractivity contribution is 5.90. The number of pyridine rings is 1. The largest absolute Gasteiger partial charge is 0.487 e. The highest BCUT2D eigenvalue weighted by Crippen LogP contribution is 2.28. The molecule has 1 aromatic carbocycles. The second-order valence-corrected chi connectivity index (χ2v) is 5.09. The Hall–Kier alpha value is -3.76. The molecule has 0 atom stereocenters. The van der Waals surface area contributed by atoms with E-state index in [-0.39, 0.29) is 42.4 Å². The van der Waals surface area contributed by atoms with E-state index in [0.29, 0.717) is 5.82 Å². The van der Waals surface area contributed by atoms with Crippen molar-refractivity contribution in [2.24, 2.45) is 0 Å². The van der Waals surface area contributed by atoms with Gasteiger partial charge in [-0.1, -0.05) is 0 Å². The van der Waals surface area contributed by atoms with Crippen molar-refractivity contribution < 1.29 is 24.1 Å². The third-order valence-electron chi connectivity index (χ3n) is 3.29. The van der Waals surface area contributed by atoms with E-state index in [4.69, 9.17) is 9.47 Å². The topological polar surface area (TPSA) is 147 Å². The van der Waals surface area contributed by atoms with E-state index in [1.54, 1.807) is 6.92 Å². The second-order valence-electron chi connectivity index (χ2n) is 5.09. The predicted octanol–water partition coefficient (Wildman–Crippen LogP) is 2.57. The number of rotatable bonds is 9. The van der Waals surface area contributed by atoms with Crippen molar-refractivity contribution in [3.8, 4) is 5.75 Å². The minimum absolute atomic E-state index is 0.0265. The van der Waals surface area contributed by atoms with Gasteiger partial charge in [-0.25, -0.2) is 9.78 Å². The summed E-state index contributed by atoms with van der Waals surface area (Å²) in [7, 11) is 0. The van der Waals surface area contributed by atoms with Gasteiger partial charge in [0.1, 0.15) is 18.6 Å². The molecule has 0 spiro atoms. The number of benzene rings is 1. The number of aromatic nitrogens is 1. The summed E-state index contributed by atoms with van der Waals surface area (Å²) < 4.78 is 10.2. The number of nitro groups is 2. The quantitative estimate of drug-likeness (QED) is 0.302. The normalized spacial score (nSPS) is 10.1. The maximum Gasteiger partial charge on any atom is 0.338 e. The van der Waals surface area contributed by atoms with Crippen LogP contribution in [0.1, 0.15) is 17.3 Å². The lowest BCUT2D eigenvalue weighted by molar-refractivity contribution is -0.385. The summed E-state index contributed by atoms with van der Waals surface area (Å²) in [6.07, 6.45) is 1.10. The van der Waals surface area contributed by atoms with Crippen LogP contribution in [0.4, 0.5) is 17.2 Å². The summed E-state index contributed by atoms with van der Waals surface area (Å²) >= 11 is 0. The van der Waals surface area contributed by atoms with Gasteiger partial charge in [0.25, 0.3) is 5.69 Å². The zero-order valence-electron chi connectivity index (χ0n) is 14.3. The van der Waals surface area contributed by atoms with Crippen molar-refractivity contribution in [3.63, 3.8) is 0 Å². The van der Waals surface area contributed by atoms with Crippen LogP contribution in [-0.4, -0.2) is 40.6 Å². The van der Waals surface area contributed by atoms with Gasteiger partial charge in [-0.2, -0.15) is 0 Å². The summed E-state index contributed by atoms with van der Waals surface area (Å²) in [5.74, 6) is -0.266. The first-order valence-corrected chi connectivity index (χ1v) is 7.85. The van der Waals surface area contributed by atoms with Crippen molar-refractivity contribution in [1.82, 2.24) is 4.98 Å². The first-order chi connectivity index (χ1) is 12.9. The van der Waals surface area contributed by atoms with Crippen LogP contribution < -0.4 is 10.1 Å². The van der Waals surface area contributed by atoms with Crippen LogP contribution in [0.5, 0.6) is 5.75 Å². The number of nitrogens with zero attached hydrogens (tertiary/aromatic N) is 3. The molecular weight excluding hydrogens is 360 g/mol. The number of hydrogen-bond acceptors (Lipinski definition) is 9. The Bertz CT molecular complexity index is 839. The van der Waals surface area contributed by atoms with E-state index in [1.165, 1.54) is 24.3 Å². The molecule has 1 N–H and O–H groups in total. The molecule has 0 aliphatic heterocycles. The fourth-order valence-electron chi connectivity index (χ4n) is 2.07. The molecule has 0 unspecified atom stereocenters. The molecule has 142 valence electrons. The highest BCUT2D eigenvalue weighted by Gasteiger charge is 2.19. The first-order valence-electron chi connectivity index (χ1n) is 7.85. The lowest BCUT2D eigenvalue weighted by Crippen LogP contribution is -2.14. The lowest BCUT2D eigenvalue weighted by Gasteiger charge is -2.08. The molecular formula is C16H16N4O7. The number of carbonyl (C=O) groups excluding carboxylic acids is 1. The number of carbonyl (C=O) groups is 1. The van der Waals surface area contributed by atoms with E-state index < -0.39 is 15.8 Å². The van der Waals surface area contributed by atoms with Crippen LogP contribution in [0.3, 0.4) is 0 Å². The number of anilines is 1. The number of nitrogens with one attached hydrogen (secondary N) is 1. The van der Waals surface area contributed by atoms with Crippen molar-refractivity contribution in [1.29, 1.82) is 0 Å². The Morgan fingerprint density at radius 2 is 1.96 bits per heavy atom. The third-order valence-corrected chi connectivity index (χ3v) is 3.29. The van der Waals surface area contributed by atoms with Crippen LogP contribution in [0, 0.1) is 20.2 Å². The summed E-state index contributed by atoms with van der Waals surface area (Å²) in [6, 6.07) is 6.54. The Labute approximate surface area is 153 Å². The van der Waals surface area contributed by atoms with Gasteiger partial charge in [-0.05, 0) is 25.1 Å². The van der Waals surface area contributed by atoms with Gasteiger partial charge >= 0.3 is 11.7 Å². The average molecular weight is 376 g/mol. The monoisotopic (exact) mass is 376 g/mol.